The second kappa shape index (κ2) is 6.70. The summed E-state index contributed by atoms with van der Waals surface area (Å²) in [6.45, 7) is 7.65. The molecule has 2 heterocycles. The molecule has 0 aliphatic carbocycles. The zero-order valence-corrected chi connectivity index (χ0v) is 12.4. The Bertz CT molecular complexity index is 475. The third-order valence-corrected chi connectivity index (χ3v) is 3.75. The minimum atomic E-state index is -0.203. The van der Waals surface area contributed by atoms with E-state index in [4.69, 9.17) is 5.73 Å². The highest BCUT2D eigenvalue weighted by molar-refractivity contribution is 5.78. The van der Waals surface area contributed by atoms with E-state index in [-0.39, 0.29) is 11.8 Å². The van der Waals surface area contributed by atoms with Crippen molar-refractivity contribution >= 4 is 11.7 Å². The Hall–Kier alpha value is -1.62. The number of hydrogen-bond acceptors (Lipinski definition) is 4. The van der Waals surface area contributed by atoms with Crippen LogP contribution < -0.4 is 16.0 Å². The number of amides is 1. The van der Waals surface area contributed by atoms with Gasteiger partial charge in [-0.25, -0.2) is 4.98 Å². The van der Waals surface area contributed by atoms with E-state index in [1.807, 2.05) is 6.20 Å². The molecule has 1 fully saturated rings. The first kappa shape index (κ1) is 14.8. The summed E-state index contributed by atoms with van der Waals surface area (Å²) in [6.07, 6.45) is 3.88. The number of primary amides is 1. The van der Waals surface area contributed by atoms with E-state index in [1.165, 1.54) is 5.56 Å². The van der Waals surface area contributed by atoms with Crippen LogP contribution in [-0.2, 0) is 11.3 Å². The lowest BCUT2D eigenvalue weighted by Crippen LogP contribution is -2.28. The topological polar surface area (TPSA) is 71.2 Å². The molecule has 5 heteroatoms. The van der Waals surface area contributed by atoms with Crippen molar-refractivity contribution in [3.8, 4) is 0 Å². The lowest BCUT2D eigenvalue weighted by atomic mass is 10.1. The van der Waals surface area contributed by atoms with Crippen molar-refractivity contribution < 1.29 is 4.79 Å². The lowest BCUT2D eigenvalue weighted by Gasteiger charge is -2.19. The number of nitrogens with zero attached hydrogens (tertiary/aromatic N) is 2. The summed E-state index contributed by atoms with van der Waals surface area (Å²) in [5.74, 6) is 0.737. The lowest BCUT2D eigenvalue weighted by molar-refractivity contribution is -0.121. The molecule has 1 aromatic heterocycles. The van der Waals surface area contributed by atoms with Crippen LogP contribution >= 0.6 is 0 Å². The molecule has 0 saturated carbocycles. The van der Waals surface area contributed by atoms with Gasteiger partial charge in [0.05, 0.1) is 5.92 Å². The number of carbonyl (C=O) groups excluding carboxylic acids is 1. The second-order valence-electron chi connectivity index (χ2n) is 5.49. The average molecular weight is 276 g/mol. The first-order chi connectivity index (χ1) is 9.61. The summed E-state index contributed by atoms with van der Waals surface area (Å²) in [6, 6.07) is 2.17. The molecule has 1 aliphatic heterocycles. The highest BCUT2D eigenvalue weighted by Gasteiger charge is 2.28. The van der Waals surface area contributed by atoms with Gasteiger partial charge in [0.15, 0.2) is 0 Å². The average Bonchev–Trinajstić information content (AvgIpc) is 2.89. The van der Waals surface area contributed by atoms with Gasteiger partial charge in [0, 0.05) is 25.8 Å². The molecule has 2 rings (SSSR count). The van der Waals surface area contributed by atoms with Crippen LogP contribution in [0.1, 0.15) is 30.9 Å². The van der Waals surface area contributed by atoms with Crippen molar-refractivity contribution in [1.29, 1.82) is 0 Å². The number of pyridine rings is 1. The van der Waals surface area contributed by atoms with E-state index in [2.05, 4.69) is 35.1 Å². The maximum atomic E-state index is 11.2. The monoisotopic (exact) mass is 276 g/mol. The van der Waals surface area contributed by atoms with E-state index in [0.29, 0.717) is 6.54 Å². The summed E-state index contributed by atoms with van der Waals surface area (Å²) < 4.78 is 0. The third-order valence-electron chi connectivity index (χ3n) is 3.75. The SMILES string of the molecule is CCCNCc1cnc(N2CCC(C(N)=O)C2)c(C)c1. The molecule has 0 spiro atoms. The smallest absolute Gasteiger partial charge is 0.222 e. The summed E-state index contributed by atoms with van der Waals surface area (Å²) >= 11 is 0. The quantitative estimate of drug-likeness (QED) is 0.766. The summed E-state index contributed by atoms with van der Waals surface area (Å²) in [5, 5.41) is 3.37. The van der Waals surface area contributed by atoms with Gasteiger partial charge in [0.1, 0.15) is 5.82 Å². The van der Waals surface area contributed by atoms with Crippen LogP contribution in [-0.4, -0.2) is 30.5 Å². The fourth-order valence-corrected chi connectivity index (χ4v) is 2.65. The van der Waals surface area contributed by atoms with E-state index < -0.39 is 0 Å². The van der Waals surface area contributed by atoms with Gasteiger partial charge in [-0.1, -0.05) is 6.92 Å². The number of aryl methyl sites for hydroxylation is 1. The molecule has 110 valence electrons. The van der Waals surface area contributed by atoms with Gasteiger partial charge in [-0.3, -0.25) is 4.79 Å². The van der Waals surface area contributed by atoms with Crippen LogP contribution in [0.25, 0.3) is 0 Å². The second-order valence-corrected chi connectivity index (χ2v) is 5.49. The van der Waals surface area contributed by atoms with Gasteiger partial charge >= 0.3 is 0 Å². The fourth-order valence-electron chi connectivity index (χ4n) is 2.65. The summed E-state index contributed by atoms with van der Waals surface area (Å²) in [4.78, 5) is 18.0. The van der Waals surface area contributed by atoms with Gasteiger partial charge in [0.25, 0.3) is 0 Å². The van der Waals surface area contributed by atoms with Crippen LogP contribution in [0.2, 0.25) is 0 Å². The van der Waals surface area contributed by atoms with E-state index in [9.17, 15) is 4.79 Å². The highest BCUT2D eigenvalue weighted by Crippen LogP contribution is 2.25. The maximum absolute atomic E-state index is 11.2. The third kappa shape index (κ3) is 3.48. The Balaban J connectivity index is 2.01. The molecule has 0 radical (unpaired) electrons. The molecule has 1 amide bonds. The number of carbonyl (C=O) groups is 1. The van der Waals surface area contributed by atoms with Crippen LogP contribution in [0.5, 0.6) is 0 Å². The van der Waals surface area contributed by atoms with Gasteiger partial charge in [-0.05, 0) is 43.5 Å². The van der Waals surface area contributed by atoms with Crippen LogP contribution in [0.4, 0.5) is 5.82 Å². The molecule has 1 unspecified atom stereocenters. The number of aromatic nitrogens is 1. The molecular formula is C15H24N4O. The van der Waals surface area contributed by atoms with Crippen molar-refractivity contribution in [1.82, 2.24) is 10.3 Å². The van der Waals surface area contributed by atoms with E-state index in [1.54, 1.807) is 0 Å². The van der Waals surface area contributed by atoms with Crippen LogP contribution in [0.15, 0.2) is 12.3 Å². The molecule has 1 saturated heterocycles. The Morgan fingerprint density at radius 2 is 2.40 bits per heavy atom. The Kier molecular flexibility index (Phi) is 4.95. The zero-order valence-electron chi connectivity index (χ0n) is 12.4. The van der Waals surface area contributed by atoms with Crippen molar-refractivity contribution in [3.63, 3.8) is 0 Å². The van der Waals surface area contributed by atoms with Crippen molar-refractivity contribution in [2.75, 3.05) is 24.5 Å². The van der Waals surface area contributed by atoms with Crippen LogP contribution in [0, 0.1) is 12.8 Å². The van der Waals surface area contributed by atoms with Crippen molar-refractivity contribution in [2.45, 2.75) is 33.2 Å². The predicted octanol–water partition coefficient (Wildman–Crippen LogP) is 1.20. The number of anilines is 1. The number of hydrogen-bond donors (Lipinski definition) is 2. The van der Waals surface area contributed by atoms with Gasteiger partial charge in [-0.15, -0.1) is 0 Å². The minimum absolute atomic E-state index is 0.0397. The Morgan fingerprint density at radius 3 is 3.00 bits per heavy atom. The normalized spacial score (nSPS) is 18.5. The molecule has 3 N–H and O–H groups in total. The molecule has 1 aromatic rings. The largest absolute Gasteiger partial charge is 0.369 e. The van der Waals surface area contributed by atoms with Gasteiger partial charge in [0.2, 0.25) is 5.91 Å². The molecule has 20 heavy (non-hydrogen) atoms. The minimum Gasteiger partial charge on any atom is -0.369 e. The summed E-state index contributed by atoms with van der Waals surface area (Å²) in [7, 11) is 0. The predicted molar refractivity (Wildman–Crippen MR) is 80.5 cm³/mol. The summed E-state index contributed by atoms with van der Waals surface area (Å²) in [5.41, 5.74) is 7.73. The molecule has 1 aliphatic rings. The zero-order chi connectivity index (χ0) is 14.5. The molecule has 1 atom stereocenters. The first-order valence-corrected chi connectivity index (χ1v) is 7.32. The number of nitrogens with two attached hydrogens (primary N) is 1. The molecule has 5 nitrogen and oxygen atoms in total. The van der Waals surface area contributed by atoms with E-state index >= 15 is 0 Å². The fraction of sp³-hybridized carbons (Fsp3) is 0.600. The van der Waals surface area contributed by atoms with Gasteiger partial charge in [-0.2, -0.15) is 0 Å². The number of rotatable bonds is 6. The van der Waals surface area contributed by atoms with Crippen LogP contribution in [0.3, 0.4) is 0 Å². The number of nitrogens with one attached hydrogen (secondary N) is 1. The van der Waals surface area contributed by atoms with Crippen molar-refractivity contribution in [2.24, 2.45) is 11.7 Å². The van der Waals surface area contributed by atoms with Gasteiger partial charge < -0.3 is 16.0 Å². The van der Waals surface area contributed by atoms with E-state index in [0.717, 1.165) is 43.9 Å². The standard InChI is InChI=1S/C15H24N4O/c1-3-5-17-8-12-7-11(2)15(18-9-12)19-6-4-13(10-19)14(16)20/h7,9,13,17H,3-6,8,10H2,1-2H3,(H2,16,20). The highest BCUT2D eigenvalue weighted by atomic mass is 16.1. The Morgan fingerprint density at radius 1 is 1.60 bits per heavy atom. The van der Waals surface area contributed by atoms with Crippen molar-refractivity contribution in [3.05, 3.63) is 23.4 Å². The molecule has 0 bridgehead atoms. The first-order valence-electron chi connectivity index (χ1n) is 7.32. The maximum Gasteiger partial charge on any atom is 0.222 e. The molecular weight excluding hydrogens is 252 g/mol. The molecule has 0 aromatic carbocycles. The Labute approximate surface area is 120 Å².